The molecule has 2 atom stereocenters. The Morgan fingerprint density at radius 1 is 1.17 bits per heavy atom. The molecule has 0 heterocycles. The summed E-state index contributed by atoms with van der Waals surface area (Å²) in [6.45, 7) is 0. The Bertz CT molecular complexity index is 272. The third kappa shape index (κ3) is 0.920. The van der Waals surface area contributed by atoms with E-state index in [1.54, 1.807) is 0 Å². The Morgan fingerprint density at radius 3 is 2.08 bits per heavy atom. The fraction of sp³-hybridized carbons (Fsp3) is 0.667. The van der Waals surface area contributed by atoms with E-state index in [1.165, 1.54) is 0 Å². The normalized spacial score (nSPS) is 36.3. The Labute approximate surface area is 73.8 Å². The van der Waals surface area contributed by atoms with Gasteiger partial charge >= 0.3 is 0 Å². The Kier molecular flexibility index (Phi) is 1.49. The van der Waals surface area contributed by atoms with Crippen LogP contribution in [0.3, 0.4) is 0 Å². The van der Waals surface area contributed by atoms with E-state index in [4.69, 9.17) is 1.34 Å². The lowest BCUT2D eigenvalue weighted by Crippen LogP contribution is -2.21. The van der Waals surface area contributed by atoms with Gasteiger partial charge in [0.15, 0.2) is 0 Å². The van der Waals surface area contributed by atoms with E-state index in [0.29, 0.717) is 0 Å². The highest BCUT2D eigenvalue weighted by molar-refractivity contribution is 6.85. The third-order valence-electron chi connectivity index (χ3n) is 3.03. The van der Waals surface area contributed by atoms with Gasteiger partial charge in [-0.15, -0.1) is 0 Å². The van der Waals surface area contributed by atoms with Gasteiger partial charge in [0.25, 0.3) is 0 Å². The van der Waals surface area contributed by atoms with Gasteiger partial charge < -0.3 is 0 Å². The number of fused-ring (bicyclic) bond motifs is 1. The van der Waals surface area contributed by atoms with E-state index in [2.05, 4.69) is 0 Å². The fourth-order valence-electron chi connectivity index (χ4n) is 2.33. The molecule has 0 aromatic carbocycles. The second kappa shape index (κ2) is 2.65. The van der Waals surface area contributed by atoms with Gasteiger partial charge in [0.2, 0.25) is 0 Å². The average molecular weight is 164 g/mol. The third-order valence-corrected chi connectivity index (χ3v) is 3.03. The number of ketones is 2. The van der Waals surface area contributed by atoms with Gasteiger partial charge in [-0.25, -0.2) is 1.34 Å². The van der Waals surface area contributed by atoms with Crippen molar-refractivity contribution in [3.63, 3.8) is 0 Å². The topological polar surface area (TPSA) is 34.1 Å². The molecule has 3 heteroatoms. The van der Waals surface area contributed by atoms with Gasteiger partial charge in [-0.05, 0) is 12.8 Å². The van der Waals surface area contributed by atoms with Crippen molar-refractivity contribution in [2.24, 2.45) is 11.8 Å². The summed E-state index contributed by atoms with van der Waals surface area (Å²) in [7, 11) is -0.120. The zero-order valence-electron chi connectivity index (χ0n) is 8.01. The highest BCUT2D eigenvalue weighted by Gasteiger charge is 2.41. The minimum atomic E-state index is -0.120. The van der Waals surface area contributed by atoms with Crippen molar-refractivity contribution in [1.29, 1.82) is 1.34 Å². The summed E-state index contributed by atoms with van der Waals surface area (Å²) in [5.74, 6) is -0.155. The van der Waals surface area contributed by atoms with Crippen LogP contribution >= 0.6 is 0 Å². The first-order valence-corrected chi connectivity index (χ1v) is 4.49. The quantitative estimate of drug-likeness (QED) is 0.462. The molecule has 0 aromatic heterocycles. The van der Waals surface area contributed by atoms with E-state index in [1.807, 2.05) is 0 Å². The zero-order chi connectivity index (χ0) is 9.42. The fourth-order valence-corrected chi connectivity index (χ4v) is 2.33. The molecule has 2 aliphatic rings. The highest BCUT2D eigenvalue weighted by atomic mass is 16.2. The van der Waals surface area contributed by atoms with Crippen molar-refractivity contribution in [3.8, 4) is 0 Å². The zero-order valence-corrected chi connectivity index (χ0v) is 7.01. The second-order valence-electron chi connectivity index (χ2n) is 3.70. The van der Waals surface area contributed by atoms with Crippen LogP contribution in [0.2, 0.25) is 0 Å². The lowest BCUT2D eigenvalue weighted by Gasteiger charge is -2.21. The average Bonchev–Trinajstić information content (AvgIpc) is 2.41. The summed E-state index contributed by atoms with van der Waals surface area (Å²) < 4.78 is 7.13. The molecule has 2 nitrogen and oxygen atoms in total. The van der Waals surface area contributed by atoms with Crippen molar-refractivity contribution < 1.29 is 9.59 Å². The molecule has 0 N–H and O–H groups in total. The van der Waals surface area contributed by atoms with Crippen LogP contribution < -0.4 is 0 Å². The van der Waals surface area contributed by atoms with E-state index in [0.717, 1.165) is 25.7 Å². The van der Waals surface area contributed by atoms with Crippen LogP contribution in [-0.2, 0) is 9.59 Å². The van der Waals surface area contributed by atoms with E-state index < -0.39 is 0 Å². The van der Waals surface area contributed by atoms with Gasteiger partial charge in [0, 0.05) is 11.8 Å². The standard InChI is InChI=1S/C9H12BO2/c10-7-8(11)5-3-1-2-4-6(5)9(7)12/h5-6H,1-4,10H2/q-1/i10D. The molecule has 0 saturated heterocycles. The molecule has 2 unspecified atom stereocenters. The lowest BCUT2D eigenvalue weighted by molar-refractivity contribution is -0.120. The largest absolute Gasteiger partial charge is 0.298 e. The monoisotopic (exact) mass is 164 g/mol. The van der Waals surface area contributed by atoms with Gasteiger partial charge in [0.1, 0.15) is 11.6 Å². The molecule has 0 aliphatic heterocycles. The van der Waals surface area contributed by atoms with Crippen LogP contribution in [0.4, 0.5) is 0 Å². The molecule has 64 valence electrons. The summed E-state index contributed by atoms with van der Waals surface area (Å²) in [6.07, 6.45) is 3.84. The highest BCUT2D eigenvalue weighted by Crippen LogP contribution is 2.36. The summed E-state index contributed by atoms with van der Waals surface area (Å²) in [5, 5.41) is 0. The maximum atomic E-state index is 11.6. The lowest BCUT2D eigenvalue weighted by atomic mass is 9.81. The Hall–Kier alpha value is -0.725. The molecular formula is C9H12BO2-. The first-order valence-electron chi connectivity index (χ1n) is 5.20. The molecular weight excluding hydrogens is 151 g/mol. The molecule has 0 radical (unpaired) electrons. The van der Waals surface area contributed by atoms with Gasteiger partial charge in [-0.2, -0.15) is 12.9 Å². The van der Waals surface area contributed by atoms with Crippen LogP contribution in [-0.4, -0.2) is 25.8 Å². The van der Waals surface area contributed by atoms with Crippen molar-refractivity contribution in [2.45, 2.75) is 25.7 Å². The first kappa shape index (κ1) is 6.75. The molecule has 12 heavy (non-hydrogen) atoms. The minimum Gasteiger partial charge on any atom is -0.298 e. The Morgan fingerprint density at radius 2 is 1.67 bits per heavy atom. The number of carbonyl (C=O) groups is 2. The van der Waals surface area contributed by atoms with Gasteiger partial charge in [0.05, 0.1) is 0 Å². The van der Waals surface area contributed by atoms with E-state index in [9.17, 15) is 9.59 Å². The number of carbonyl (C=O) groups excluding carboxylic acids is 2. The number of rotatable bonds is 0. The second-order valence-corrected chi connectivity index (χ2v) is 3.70. The molecule has 0 aromatic rings. The SMILES string of the molecule is [2H][BH-]=C1C(=O)C2CCCCC2C1=O. The van der Waals surface area contributed by atoms with Crippen molar-refractivity contribution >= 4 is 24.5 Å². The van der Waals surface area contributed by atoms with Crippen LogP contribution in [0, 0.1) is 11.8 Å². The Balaban J connectivity index is 2.33. The molecule has 0 bridgehead atoms. The van der Waals surface area contributed by atoms with Crippen molar-refractivity contribution in [1.82, 2.24) is 0 Å². The predicted molar refractivity (Wildman–Crippen MR) is 49.0 cm³/mol. The van der Waals surface area contributed by atoms with Crippen LogP contribution in [0.5, 0.6) is 0 Å². The van der Waals surface area contributed by atoms with Crippen molar-refractivity contribution in [3.05, 3.63) is 0 Å². The smallest absolute Gasteiger partial charge is 0.126 e. The summed E-state index contributed by atoms with van der Waals surface area (Å²) in [4.78, 5) is 23.2. The predicted octanol–water partition coefficient (Wildman–Crippen LogP) is -0.250. The summed E-state index contributed by atoms with van der Waals surface area (Å²) in [5.41, 5.74) is 0.261. The van der Waals surface area contributed by atoms with Gasteiger partial charge in [-0.1, -0.05) is 12.8 Å². The van der Waals surface area contributed by atoms with Crippen LogP contribution in [0.15, 0.2) is 0 Å². The number of hydrogen-bond acceptors (Lipinski definition) is 2. The first-order chi connectivity index (χ1) is 6.25. The van der Waals surface area contributed by atoms with E-state index in [-0.39, 0.29) is 36.3 Å². The maximum absolute atomic E-state index is 11.6. The molecule has 2 rings (SSSR count). The summed E-state index contributed by atoms with van der Waals surface area (Å²) in [6, 6.07) is 0. The van der Waals surface area contributed by atoms with Crippen LogP contribution in [0.25, 0.3) is 0 Å². The van der Waals surface area contributed by atoms with Gasteiger partial charge in [-0.3, -0.25) is 9.59 Å². The van der Waals surface area contributed by atoms with Crippen LogP contribution in [0.1, 0.15) is 25.7 Å². The summed E-state index contributed by atoms with van der Waals surface area (Å²) >= 11 is 0. The maximum Gasteiger partial charge on any atom is 0.126 e. The molecule has 2 fully saturated rings. The molecule has 2 aliphatic carbocycles. The minimum absolute atomic E-state index is 0.0234. The molecule has 0 amide bonds. The van der Waals surface area contributed by atoms with E-state index >= 15 is 0 Å². The van der Waals surface area contributed by atoms with Crippen molar-refractivity contribution in [2.75, 3.05) is 0 Å². The number of hydrogen-bond donors (Lipinski definition) is 0. The molecule has 2 saturated carbocycles. The molecule has 0 spiro atoms. The number of Topliss-reactive ketones (excluding diaryl/α,β-unsaturated/α-hetero) is 2.